The number of carbonyl (C=O) groups is 2. The molecule has 0 saturated heterocycles. The van der Waals surface area contributed by atoms with Gasteiger partial charge in [-0.2, -0.15) is 0 Å². The van der Waals surface area contributed by atoms with E-state index in [9.17, 15) is 9.59 Å². The van der Waals surface area contributed by atoms with Crippen molar-refractivity contribution in [1.29, 1.82) is 0 Å². The van der Waals surface area contributed by atoms with Crippen molar-refractivity contribution in [3.8, 4) is 5.75 Å². The molecular weight excluding hydrogens is 314 g/mol. The van der Waals surface area contributed by atoms with Crippen LogP contribution >= 0.6 is 12.2 Å². The first-order valence-electron chi connectivity index (χ1n) is 7.13. The van der Waals surface area contributed by atoms with Gasteiger partial charge in [-0.25, -0.2) is 0 Å². The summed E-state index contributed by atoms with van der Waals surface area (Å²) in [6.45, 7) is 2.64. The van der Waals surface area contributed by atoms with Gasteiger partial charge in [0.15, 0.2) is 0 Å². The fraction of sp³-hybridized carbons (Fsp3) is 0.188. The Morgan fingerprint density at radius 2 is 1.83 bits per heavy atom. The van der Waals surface area contributed by atoms with Crippen LogP contribution in [0.1, 0.15) is 34.1 Å². The lowest BCUT2D eigenvalue weighted by Crippen LogP contribution is -2.41. The first kappa shape index (κ1) is 16.7. The van der Waals surface area contributed by atoms with Crippen LogP contribution in [0.25, 0.3) is 0 Å². The number of aromatic nitrogens is 1. The summed E-state index contributed by atoms with van der Waals surface area (Å²) in [7, 11) is 0. The number of ether oxygens (including phenoxy) is 1. The van der Waals surface area contributed by atoms with E-state index in [1.807, 2.05) is 6.92 Å². The van der Waals surface area contributed by atoms with Crippen molar-refractivity contribution in [3.05, 3.63) is 58.4 Å². The van der Waals surface area contributed by atoms with E-state index < -0.39 is 11.8 Å². The maximum Gasteiger partial charge on any atom is 0.272 e. The molecule has 0 aliphatic rings. The number of pyridine rings is 1. The van der Waals surface area contributed by atoms with E-state index in [0.29, 0.717) is 22.6 Å². The molecule has 1 heterocycles. The Kier molecular flexibility index (Phi) is 5.87. The maximum atomic E-state index is 12.0. The Morgan fingerprint density at radius 3 is 2.48 bits per heavy atom. The van der Waals surface area contributed by atoms with Crippen LogP contribution in [0.3, 0.4) is 0 Å². The van der Waals surface area contributed by atoms with E-state index >= 15 is 0 Å². The number of hydrazine groups is 1. The molecule has 120 valence electrons. The highest BCUT2D eigenvalue weighted by Gasteiger charge is 2.10. The summed E-state index contributed by atoms with van der Waals surface area (Å²) in [5, 5.41) is 0. The number of nitrogens with one attached hydrogen (secondary N) is 3. The summed E-state index contributed by atoms with van der Waals surface area (Å²) in [4.78, 5) is 26.7. The van der Waals surface area contributed by atoms with Crippen LogP contribution in [-0.2, 0) is 0 Å². The van der Waals surface area contributed by atoms with Crippen molar-refractivity contribution in [2.45, 2.75) is 13.3 Å². The molecule has 2 aromatic rings. The van der Waals surface area contributed by atoms with Crippen LogP contribution in [0.15, 0.2) is 42.6 Å². The Labute approximate surface area is 138 Å². The van der Waals surface area contributed by atoms with Gasteiger partial charge in [-0.1, -0.05) is 19.1 Å². The number of hydrogen-bond acceptors (Lipinski definition) is 4. The fourth-order valence-corrected chi connectivity index (χ4v) is 2.00. The molecule has 0 unspecified atom stereocenters. The van der Waals surface area contributed by atoms with Crippen LogP contribution < -0.4 is 15.6 Å². The van der Waals surface area contributed by atoms with Crippen molar-refractivity contribution in [1.82, 2.24) is 15.8 Å². The summed E-state index contributed by atoms with van der Waals surface area (Å²) in [6.07, 6.45) is 2.54. The van der Waals surface area contributed by atoms with E-state index in [-0.39, 0.29) is 5.56 Å². The van der Waals surface area contributed by atoms with Crippen molar-refractivity contribution >= 4 is 24.0 Å². The van der Waals surface area contributed by atoms with E-state index in [1.54, 1.807) is 42.6 Å². The minimum atomic E-state index is -0.483. The summed E-state index contributed by atoms with van der Waals surface area (Å²) >= 11 is 5.01. The second-order valence-electron chi connectivity index (χ2n) is 4.69. The molecule has 2 amide bonds. The topological polar surface area (TPSA) is 83.2 Å². The van der Waals surface area contributed by atoms with E-state index in [1.165, 1.54) is 0 Å². The van der Waals surface area contributed by atoms with Crippen LogP contribution in [0.5, 0.6) is 5.75 Å². The van der Waals surface area contributed by atoms with Gasteiger partial charge in [-0.3, -0.25) is 20.4 Å². The molecule has 6 nitrogen and oxygen atoms in total. The Bertz CT molecular complexity index is 741. The zero-order valence-electron chi connectivity index (χ0n) is 12.6. The highest BCUT2D eigenvalue weighted by atomic mass is 32.1. The van der Waals surface area contributed by atoms with Crippen LogP contribution in [0, 0.1) is 4.64 Å². The number of hydrogen-bond donors (Lipinski definition) is 3. The first-order chi connectivity index (χ1) is 11.1. The highest BCUT2D eigenvalue weighted by molar-refractivity contribution is 7.71. The zero-order valence-corrected chi connectivity index (χ0v) is 13.4. The molecule has 0 spiro atoms. The standard InChI is InChI=1S/C16H17N3O3S/c1-2-10-22-12-7-5-11(6-8-12)14(20)18-19-15(21)13-4-3-9-17-16(13)23/h3-9H,2,10H2,1H3,(H,17,23)(H,18,20)(H,19,21). The molecule has 2 rings (SSSR count). The monoisotopic (exact) mass is 331 g/mol. The number of amides is 2. The normalized spacial score (nSPS) is 9.96. The predicted molar refractivity (Wildman–Crippen MR) is 88.8 cm³/mol. The summed E-state index contributed by atoms with van der Waals surface area (Å²) < 4.78 is 5.75. The third-order valence-corrected chi connectivity index (χ3v) is 3.28. The minimum absolute atomic E-state index is 0.283. The smallest absolute Gasteiger partial charge is 0.272 e. The van der Waals surface area contributed by atoms with Crippen LogP contribution in [-0.4, -0.2) is 23.4 Å². The van der Waals surface area contributed by atoms with Crippen molar-refractivity contribution in [2.24, 2.45) is 0 Å². The summed E-state index contributed by atoms with van der Waals surface area (Å²) in [6, 6.07) is 9.89. The predicted octanol–water partition coefficient (Wildman–Crippen LogP) is 2.61. The van der Waals surface area contributed by atoms with E-state index in [0.717, 1.165) is 6.42 Å². The molecule has 0 saturated carbocycles. The fourth-order valence-electron chi connectivity index (χ4n) is 1.78. The van der Waals surface area contributed by atoms with E-state index in [2.05, 4.69) is 15.8 Å². The molecule has 0 bridgehead atoms. The largest absolute Gasteiger partial charge is 0.494 e. The Balaban J connectivity index is 1.93. The number of rotatable bonds is 5. The Hall–Kier alpha value is -2.67. The number of H-pyrrole nitrogens is 1. The van der Waals surface area contributed by atoms with Crippen LogP contribution in [0.2, 0.25) is 0 Å². The molecule has 1 aromatic heterocycles. The van der Waals surface area contributed by atoms with E-state index in [4.69, 9.17) is 17.0 Å². The van der Waals surface area contributed by atoms with Gasteiger partial charge in [-0.05, 0) is 42.8 Å². The van der Waals surface area contributed by atoms with Gasteiger partial charge in [0.2, 0.25) is 0 Å². The molecule has 1 aromatic carbocycles. The van der Waals surface area contributed by atoms with Crippen molar-refractivity contribution in [3.63, 3.8) is 0 Å². The minimum Gasteiger partial charge on any atom is -0.494 e. The second kappa shape index (κ2) is 8.09. The lowest BCUT2D eigenvalue weighted by molar-refractivity contribution is 0.0846. The third-order valence-electron chi connectivity index (χ3n) is 2.94. The van der Waals surface area contributed by atoms with Crippen molar-refractivity contribution in [2.75, 3.05) is 6.61 Å². The maximum absolute atomic E-state index is 12.0. The third kappa shape index (κ3) is 4.65. The molecule has 0 aliphatic carbocycles. The van der Waals surface area contributed by atoms with Gasteiger partial charge >= 0.3 is 0 Å². The van der Waals surface area contributed by atoms with Gasteiger partial charge in [0, 0.05) is 11.8 Å². The van der Waals surface area contributed by atoms with Gasteiger partial charge in [0.1, 0.15) is 10.4 Å². The lowest BCUT2D eigenvalue weighted by atomic mass is 10.2. The van der Waals surface area contributed by atoms with Crippen LogP contribution in [0.4, 0.5) is 0 Å². The molecule has 0 aliphatic heterocycles. The molecule has 3 N–H and O–H groups in total. The highest BCUT2D eigenvalue weighted by Crippen LogP contribution is 2.12. The number of carbonyl (C=O) groups excluding carboxylic acids is 2. The average Bonchev–Trinajstić information content (AvgIpc) is 2.58. The zero-order chi connectivity index (χ0) is 16.7. The molecule has 7 heteroatoms. The van der Waals surface area contributed by atoms with Gasteiger partial charge < -0.3 is 9.72 Å². The molecule has 0 radical (unpaired) electrons. The molecule has 23 heavy (non-hydrogen) atoms. The van der Waals surface area contributed by atoms with Gasteiger partial charge in [0.25, 0.3) is 11.8 Å². The molecule has 0 atom stereocenters. The first-order valence-corrected chi connectivity index (χ1v) is 7.54. The lowest BCUT2D eigenvalue weighted by Gasteiger charge is -2.08. The summed E-state index contributed by atoms with van der Waals surface area (Å²) in [5.41, 5.74) is 5.37. The van der Waals surface area contributed by atoms with Crippen molar-refractivity contribution < 1.29 is 14.3 Å². The average molecular weight is 331 g/mol. The SMILES string of the molecule is CCCOc1ccc(C(=O)NNC(=O)c2ccc[nH]c2=S)cc1. The van der Waals surface area contributed by atoms with Gasteiger partial charge in [-0.15, -0.1) is 0 Å². The van der Waals surface area contributed by atoms with Gasteiger partial charge in [0.05, 0.1) is 12.2 Å². The molecule has 0 fully saturated rings. The second-order valence-corrected chi connectivity index (χ2v) is 5.10. The summed E-state index contributed by atoms with van der Waals surface area (Å²) in [5.74, 6) is -0.211. The molecular formula is C16H17N3O3S. The number of benzene rings is 1. The Morgan fingerprint density at radius 1 is 1.13 bits per heavy atom. The number of aromatic amines is 1. The quantitative estimate of drug-likeness (QED) is 0.581.